The first kappa shape index (κ1) is 16.0. The van der Waals surface area contributed by atoms with E-state index < -0.39 is 6.04 Å². The summed E-state index contributed by atoms with van der Waals surface area (Å²) in [5.74, 6) is -0.271. The molecule has 2 atom stereocenters. The molecule has 1 aromatic rings. The van der Waals surface area contributed by atoms with Gasteiger partial charge in [-0.1, -0.05) is 30.3 Å². The van der Waals surface area contributed by atoms with Crippen LogP contribution < -0.4 is 5.73 Å². The summed E-state index contributed by atoms with van der Waals surface area (Å²) in [6.45, 7) is 3.17. The third kappa shape index (κ3) is 3.54. The number of primary amides is 1. The van der Waals surface area contributed by atoms with Crippen molar-refractivity contribution in [3.8, 4) is 0 Å². The largest absolute Gasteiger partial charge is 0.368 e. The molecule has 0 unspecified atom stereocenters. The lowest BCUT2D eigenvalue weighted by molar-refractivity contribution is -0.143. The zero-order valence-electron chi connectivity index (χ0n) is 13.2. The van der Waals surface area contributed by atoms with Crippen LogP contribution in [0.4, 0.5) is 0 Å². The predicted octanol–water partition coefficient (Wildman–Crippen LogP) is 0.536. The van der Waals surface area contributed by atoms with E-state index in [0.717, 1.165) is 18.4 Å². The van der Waals surface area contributed by atoms with Gasteiger partial charge in [0.1, 0.15) is 12.1 Å². The molecule has 2 saturated heterocycles. The lowest BCUT2D eigenvalue weighted by Gasteiger charge is -2.38. The molecule has 2 aliphatic rings. The lowest BCUT2D eigenvalue weighted by Crippen LogP contribution is -2.53. The van der Waals surface area contributed by atoms with Crippen LogP contribution in [0.15, 0.2) is 30.3 Å². The van der Waals surface area contributed by atoms with E-state index in [1.165, 1.54) is 0 Å². The highest BCUT2D eigenvalue weighted by molar-refractivity contribution is 5.82. The second kappa shape index (κ2) is 7.10. The van der Waals surface area contributed by atoms with Crippen molar-refractivity contribution in [2.45, 2.75) is 25.0 Å². The van der Waals surface area contributed by atoms with E-state index in [4.69, 9.17) is 10.5 Å². The van der Waals surface area contributed by atoms with Crippen molar-refractivity contribution in [2.24, 2.45) is 5.73 Å². The zero-order valence-corrected chi connectivity index (χ0v) is 13.2. The van der Waals surface area contributed by atoms with Gasteiger partial charge in [-0.2, -0.15) is 0 Å². The third-order valence-electron chi connectivity index (χ3n) is 4.58. The number of carbonyl (C=O) groups excluding carboxylic acids is 2. The number of ether oxygens (including phenoxy) is 1. The third-order valence-corrected chi connectivity index (χ3v) is 4.58. The summed E-state index contributed by atoms with van der Waals surface area (Å²) in [4.78, 5) is 28.2. The minimum Gasteiger partial charge on any atom is -0.368 e. The molecule has 2 amide bonds. The van der Waals surface area contributed by atoms with E-state index in [0.29, 0.717) is 32.8 Å². The summed E-state index contributed by atoms with van der Waals surface area (Å²) in [7, 11) is 0. The van der Waals surface area contributed by atoms with Crippen molar-refractivity contribution in [3.63, 3.8) is 0 Å². The van der Waals surface area contributed by atoms with Gasteiger partial charge < -0.3 is 15.4 Å². The van der Waals surface area contributed by atoms with Crippen molar-refractivity contribution in [2.75, 3.05) is 32.8 Å². The molecule has 2 aliphatic heterocycles. The van der Waals surface area contributed by atoms with Gasteiger partial charge >= 0.3 is 0 Å². The van der Waals surface area contributed by atoms with Crippen molar-refractivity contribution in [1.82, 2.24) is 9.80 Å². The number of amides is 2. The number of carbonyl (C=O) groups is 2. The van der Waals surface area contributed by atoms with E-state index in [9.17, 15) is 9.59 Å². The number of nitrogens with zero attached hydrogens (tertiary/aromatic N) is 2. The Morgan fingerprint density at radius 3 is 2.39 bits per heavy atom. The Kier molecular flexibility index (Phi) is 4.93. The topological polar surface area (TPSA) is 75.9 Å². The molecular formula is C17H23N3O3. The van der Waals surface area contributed by atoms with Crippen molar-refractivity contribution in [3.05, 3.63) is 35.9 Å². The second-order valence-electron chi connectivity index (χ2n) is 6.08. The monoisotopic (exact) mass is 317 g/mol. The van der Waals surface area contributed by atoms with Gasteiger partial charge in [-0.25, -0.2) is 0 Å². The maximum Gasteiger partial charge on any atom is 0.251 e. The van der Waals surface area contributed by atoms with Crippen LogP contribution in [-0.2, 0) is 14.3 Å². The number of hydrogen-bond acceptors (Lipinski definition) is 4. The lowest BCUT2D eigenvalue weighted by atomic mass is 10.0. The van der Waals surface area contributed by atoms with Crippen LogP contribution in [0, 0.1) is 0 Å². The summed E-state index contributed by atoms with van der Waals surface area (Å²) < 4.78 is 5.47. The molecule has 0 saturated carbocycles. The number of benzene rings is 1. The van der Waals surface area contributed by atoms with Crippen molar-refractivity contribution in [1.29, 1.82) is 0 Å². The zero-order chi connectivity index (χ0) is 16.2. The molecule has 0 aromatic heterocycles. The molecule has 0 bridgehead atoms. The molecule has 3 rings (SSSR count). The summed E-state index contributed by atoms with van der Waals surface area (Å²) in [6.07, 6.45) is 1.49. The number of hydrogen-bond donors (Lipinski definition) is 1. The van der Waals surface area contributed by atoms with Gasteiger partial charge in [0.25, 0.3) is 5.91 Å². The molecule has 6 heteroatoms. The van der Waals surface area contributed by atoms with E-state index >= 15 is 0 Å². The van der Waals surface area contributed by atoms with E-state index in [2.05, 4.69) is 4.90 Å². The summed E-state index contributed by atoms with van der Waals surface area (Å²) in [6, 6.07) is 9.12. The summed E-state index contributed by atoms with van der Waals surface area (Å²) >= 11 is 0. The highest BCUT2D eigenvalue weighted by atomic mass is 16.5. The quantitative estimate of drug-likeness (QED) is 0.879. The van der Waals surface area contributed by atoms with Crippen LogP contribution in [0.3, 0.4) is 0 Å². The summed E-state index contributed by atoms with van der Waals surface area (Å²) in [5, 5.41) is 0. The highest BCUT2D eigenvalue weighted by Crippen LogP contribution is 2.23. The summed E-state index contributed by atoms with van der Waals surface area (Å²) in [5.41, 5.74) is 6.51. The molecule has 0 spiro atoms. The van der Waals surface area contributed by atoms with Crippen LogP contribution in [-0.4, -0.2) is 60.5 Å². The molecular weight excluding hydrogens is 294 g/mol. The van der Waals surface area contributed by atoms with Gasteiger partial charge in [0.05, 0.1) is 0 Å². The maximum absolute atomic E-state index is 12.4. The standard InChI is InChI=1S/C17H23N3O3/c18-16(21)15(13-5-2-1-3-6-13)19-8-10-20(11-9-19)17(22)14-7-4-12-23-14/h1-3,5-6,14-15H,4,7-12H2,(H2,18,21)/t14-,15-/m1/s1. The van der Waals surface area contributed by atoms with Crippen molar-refractivity contribution < 1.29 is 14.3 Å². The molecule has 0 radical (unpaired) electrons. The van der Waals surface area contributed by atoms with E-state index in [1.807, 2.05) is 35.2 Å². The molecule has 6 nitrogen and oxygen atoms in total. The van der Waals surface area contributed by atoms with Crippen LogP contribution in [0.2, 0.25) is 0 Å². The Bertz CT molecular complexity index is 549. The smallest absolute Gasteiger partial charge is 0.251 e. The Hall–Kier alpha value is -1.92. The number of nitrogens with two attached hydrogens (primary N) is 1. The second-order valence-corrected chi connectivity index (χ2v) is 6.08. The first-order valence-electron chi connectivity index (χ1n) is 8.15. The fourth-order valence-corrected chi connectivity index (χ4v) is 3.37. The average molecular weight is 317 g/mol. The molecule has 124 valence electrons. The fourth-order valence-electron chi connectivity index (χ4n) is 3.37. The van der Waals surface area contributed by atoms with Crippen LogP contribution in [0.1, 0.15) is 24.4 Å². The van der Waals surface area contributed by atoms with Crippen LogP contribution in [0.5, 0.6) is 0 Å². The number of piperazine rings is 1. The average Bonchev–Trinajstić information content (AvgIpc) is 3.10. The van der Waals surface area contributed by atoms with Gasteiger partial charge in [0.2, 0.25) is 5.91 Å². The Labute approximate surface area is 136 Å². The minimum atomic E-state index is -0.434. The van der Waals surface area contributed by atoms with Gasteiger partial charge in [-0.15, -0.1) is 0 Å². The SMILES string of the molecule is NC(=O)[C@@H](c1ccccc1)N1CCN(C(=O)[C@H]2CCCO2)CC1. The van der Waals surface area contributed by atoms with E-state index in [1.54, 1.807) is 0 Å². The van der Waals surface area contributed by atoms with E-state index in [-0.39, 0.29) is 17.9 Å². The van der Waals surface area contributed by atoms with Gasteiger partial charge in [0.15, 0.2) is 0 Å². The molecule has 23 heavy (non-hydrogen) atoms. The van der Waals surface area contributed by atoms with Crippen LogP contribution in [0.25, 0.3) is 0 Å². The predicted molar refractivity (Wildman–Crippen MR) is 85.5 cm³/mol. The maximum atomic E-state index is 12.4. The molecule has 0 aliphatic carbocycles. The fraction of sp³-hybridized carbons (Fsp3) is 0.529. The molecule has 2 N–H and O–H groups in total. The van der Waals surface area contributed by atoms with Gasteiger partial charge in [-0.05, 0) is 18.4 Å². The highest BCUT2D eigenvalue weighted by Gasteiger charge is 2.33. The Balaban J connectivity index is 1.63. The van der Waals surface area contributed by atoms with Gasteiger partial charge in [-0.3, -0.25) is 14.5 Å². The minimum absolute atomic E-state index is 0.0810. The molecule has 2 heterocycles. The normalized spacial score (nSPS) is 23.7. The Morgan fingerprint density at radius 1 is 1.13 bits per heavy atom. The Morgan fingerprint density at radius 2 is 1.83 bits per heavy atom. The van der Waals surface area contributed by atoms with Crippen molar-refractivity contribution >= 4 is 11.8 Å². The first-order chi connectivity index (χ1) is 11.2. The molecule has 2 fully saturated rings. The number of rotatable bonds is 4. The van der Waals surface area contributed by atoms with Crippen LogP contribution >= 0.6 is 0 Å². The molecule has 1 aromatic carbocycles. The van der Waals surface area contributed by atoms with Gasteiger partial charge in [0, 0.05) is 32.8 Å². The first-order valence-corrected chi connectivity index (χ1v) is 8.15.